The molecule has 1 saturated heterocycles. The zero-order valence-corrected chi connectivity index (χ0v) is 21.4. The summed E-state index contributed by atoms with van der Waals surface area (Å²) < 4.78 is 0.876. The van der Waals surface area contributed by atoms with Gasteiger partial charge in [-0.25, -0.2) is 0 Å². The van der Waals surface area contributed by atoms with E-state index in [1.54, 1.807) is 36.4 Å². The summed E-state index contributed by atoms with van der Waals surface area (Å²) in [5, 5.41) is 6.12. The molecule has 2 aromatic rings. The average Bonchev–Trinajstić information content (AvgIpc) is 2.73. The van der Waals surface area contributed by atoms with Gasteiger partial charge < -0.3 is 20.1 Å². The van der Waals surface area contributed by atoms with E-state index in [1.807, 2.05) is 15.5 Å². The Kier molecular flexibility index (Phi) is 7.08. The first kappa shape index (κ1) is 23.8. The number of pyridine rings is 1. The fourth-order valence-corrected chi connectivity index (χ4v) is 5.15. The van der Waals surface area contributed by atoms with Gasteiger partial charge in [-0.1, -0.05) is 56.8 Å². The maximum Gasteiger partial charge on any atom is 0.252 e. The zero-order valence-electron chi connectivity index (χ0n) is 16.7. The molecule has 1 amide bonds. The monoisotopic (exact) mass is 576 g/mol. The SMILES string of the molecule is O=C(N[C@H](NC(=S)N1C[C@@H]2C[C@@H](C1)c1cccc(=O)n1C2)C(Cl)(Cl)Cl)c1ccc(Br)cc1. The number of rotatable bonds is 3. The van der Waals surface area contributed by atoms with Crippen molar-refractivity contribution in [2.45, 2.75) is 28.8 Å². The number of hydrogen-bond donors (Lipinski definition) is 2. The number of halogens is 4. The van der Waals surface area contributed by atoms with E-state index in [0.29, 0.717) is 30.3 Å². The largest absolute Gasteiger partial charge is 0.348 e. The lowest BCUT2D eigenvalue weighted by Gasteiger charge is -2.44. The molecule has 2 N–H and O–H groups in total. The van der Waals surface area contributed by atoms with E-state index >= 15 is 0 Å². The highest BCUT2D eigenvalue weighted by Gasteiger charge is 2.39. The van der Waals surface area contributed by atoms with Crippen molar-refractivity contribution >= 4 is 74.0 Å². The molecule has 3 heterocycles. The maximum atomic E-state index is 12.7. The first-order valence-electron chi connectivity index (χ1n) is 10.00. The Labute approximate surface area is 214 Å². The number of nitrogens with zero attached hydrogens (tertiary/aromatic N) is 2. The van der Waals surface area contributed by atoms with Crippen molar-refractivity contribution in [3.05, 3.63) is 68.5 Å². The fraction of sp³-hybridized carbons (Fsp3) is 0.381. The summed E-state index contributed by atoms with van der Waals surface area (Å²) in [5.74, 6) is 0.0670. The van der Waals surface area contributed by atoms with Crippen LogP contribution in [-0.2, 0) is 6.54 Å². The summed E-state index contributed by atoms with van der Waals surface area (Å²) in [7, 11) is 0. The van der Waals surface area contributed by atoms with Gasteiger partial charge in [0.25, 0.3) is 11.5 Å². The standard InChI is InChI=1S/C21H20BrCl3N4O2S/c22-15-6-4-13(5-7-15)18(31)26-19(21(23,24)25)27-20(32)28-9-12-8-14(11-28)16-2-1-3-17(30)29(16)10-12/h1-7,12,14,19H,8-11H2,(H,26,31)(H,27,32)/t12-,14-,19+/m0/s1. The Morgan fingerprint density at radius 3 is 2.50 bits per heavy atom. The van der Waals surface area contributed by atoms with Crippen LogP contribution < -0.4 is 16.2 Å². The molecule has 2 aliphatic heterocycles. The van der Waals surface area contributed by atoms with Crippen LogP contribution in [0.1, 0.15) is 28.4 Å². The van der Waals surface area contributed by atoms with E-state index in [0.717, 1.165) is 16.6 Å². The van der Waals surface area contributed by atoms with Crippen molar-refractivity contribution in [1.82, 2.24) is 20.1 Å². The zero-order chi connectivity index (χ0) is 23.0. The molecule has 0 unspecified atom stereocenters. The smallest absolute Gasteiger partial charge is 0.252 e. The lowest BCUT2D eigenvalue weighted by Crippen LogP contribution is -2.60. The number of alkyl halides is 3. The molecule has 0 spiro atoms. The number of fused-ring (bicyclic) bond motifs is 4. The van der Waals surface area contributed by atoms with Crippen LogP contribution in [0.5, 0.6) is 0 Å². The summed E-state index contributed by atoms with van der Waals surface area (Å²) in [6.45, 7) is 1.97. The summed E-state index contributed by atoms with van der Waals surface area (Å²) in [4.78, 5) is 26.9. The molecule has 1 aromatic heterocycles. The quantitative estimate of drug-likeness (QED) is 0.327. The highest BCUT2D eigenvalue weighted by atomic mass is 79.9. The van der Waals surface area contributed by atoms with Gasteiger partial charge in [0.15, 0.2) is 5.11 Å². The Morgan fingerprint density at radius 2 is 1.81 bits per heavy atom. The number of hydrogen-bond acceptors (Lipinski definition) is 3. The molecule has 0 aliphatic carbocycles. The van der Waals surface area contributed by atoms with Gasteiger partial charge in [-0.15, -0.1) is 0 Å². The highest BCUT2D eigenvalue weighted by molar-refractivity contribution is 9.10. The average molecular weight is 579 g/mol. The van der Waals surface area contributed by atoms with Gasteiger partial charge in [0.2, 0.25) is 3.79 Å². The minimum atomic E-state index is -1.83. The van der Waals surface area contributed by atoms with Crippen LogP contribution in [-0.4, -0.2) is 43.5 Å². The first-order valence-corrected chi connectivity index (χ1v) is 12.3. The molecule has 11 heteroatoms. The highest BCUT2D eigenvalue weighted by Crippen LogP contribution is 2.35. The Bertz CT molecular complexity index is 1090. The third-order valence-corrected chi connectivity index (χ3v) is 7.30. The van der Waals surface area contributed by atoms with Gasteiger partial charge in [-0.05, 0) is 54.9 Å². The van der Waals surface area contributed by atoms with Crippen molar-refractivity contribution in [1.29, 1.82) is 0 Å². The van der Waals surface area contributed by atoms with Crippen LogP contribution >= 0.6 is 63.0 Å². The molecule has 3 atom stereocenters. The van der Waals surface area contributed by atoms with Crippen molar-refractivity contribution in [3.63, 3.8) is 0 Å². The van der Waals surface area contributed by atoms with E-state index in [4.69, 9.17) is 47.0 Å². The third-order valence-electron chi connectivity index (χ3n) is 5.74. The predicted octanol–water partition coefficient (Wildman–Crippen LogP) is 4.03. The van der Waals surface area contributed by atoms with Gasteiger partial charge in [0, 0.05) is 47.3 Å². The van der Waals surface area contributed by atoms with Crippen LogP contribution in [0, 0.1) is 5.92 Å². The van der Waals surface area contributed by atoms with Gasteiger partial charge in [-0.3, -0.25) is 9.59 Å². The van der Waals surface area contributed by atoms with Crippen LogP contribution in [0.25, 0.3) is 0 Å². The number of likely N-dealkylation sites (tertiary alicyclic amines) is 1. The molecule has 1 fully saturated rings. The molecular weight excluding hydrogens is 559 g/mol. The number of aromatic nitrogens is 1. The van der Waals surface area contributed by atoms with Crippen LogP contribution in [0.2, 0.25) is 0 Å². The molecular formula is C21H20BrCl3N4O2S. The topological polar surface area (TPSA) is 66.4 Å². The van der Waals surface area contributed by atoms with E-state index in [1.165, 1.54) is 0 Å². The van der Waals surface area contributed by atoms with E-state index in [9.17, 15) is 9.59 Å². The molecule has 4 rings (SSSR count). The number of carbonyl (C=O) groups excluding carboxylic acids is 1. The number of amides is 1. The maximum absolute atomic E-state index is 12.7. The number of nitrogens with one attached hydrogen (secondary N) is 2. The fourth-order valence-electron chi connectivity index (χ4n) is 4.29. The van der Waals surface area contributed by atoms with Crippen LogP contribution in [0.3, 0.4) is 0 Å². The Hall–Kier alpha value is -1.32. The van der Waals surface area contributed by atoms with Crippen molar-refractivity contribution in [2.24, 2.45) is 5.92 Å². The minimum Gasteiger partial charge on any atom is -0.348 e. The lowest BCUT2D eigenvalue weighted by molar-refractivity contribution is 0.0932. The van der Waals surface area contributed by atoms with Gasteiger partial charge in [-0.2, -0.15) is 0 Å². The summed E-state index contributed by atoms with van der Waals surface area (Å²) in [6.07, 6.45) is -0.0376. The molecule has 1 aromatic carbocycles. The second-order valence-corrected chi connectivity index (χ2v) is 11.7. The summed E-state index contributed by atoms with van der Waals surface area (Å²) >= 11 is 27.4. The molecule has 0 radical (unpaired) electrons. The van der Waals surface area contributed by atoms with Crippen molar-refractivity contribution < 1.29 is 4.79 Å². The third kappa shape index (κ3) is 5.25. The van der Waals surface area contributed by atoms with Gasteiger partial charge in [0.05, 0.1) is 0 Å². The normalized spacial score (nSPS) is 20.8. The number of benzene rings is 1. The second kappa shape index (κ2) is 9.50. The molecule has 170 valence electrons. The first-order chi connectivity index (χ1) is 15.1. The molecule has 2 bridgehead atoms. The minimum absolute atomic E-state index is 0.0262. The summed E-state index contributed by atoms with van der Waals surface area (Å²) in [6, 6.07) is 12.2. The second-order valence-electron chi connectivity index (χ2n) is 8.01. The van der Waals surface area contributed by atoms with Crippen molar-refractivity contribution in [3.8, 4) is 0 Å². The van der Waals surface area contributed by atoms with Crippen molar-refractivity contribution in [2.75, 3.05) is 13.1 Å². The lowest BCUT2D eigenvalue weighted by atomic mass is 9.83. The van der Waals surface area contributed by atoms with Crippen LogP contribution in [0.4, 0.5) is 0 Å². The molecule has 0 saturated carbocycles. The van der Waals surface area contributed by atoms with Crippen LogP contribution in [0.15, 0.2) is 51.7 Å². The summed E-state index contributed by atoms with van der Waals surface area (Å²) in [5.41, 5.74) is 1.47. The number of piperidine rings is 1. The van der Waals surface area contributed by atoms with E-state index < -0.39 is 15.9 Å². The van der Waals surface area contributed by atoms with Gasteiger partial charge in [0.1, 0.15) is 6.17 Å². The van der Waals surface area contributed by atoms with Gasteiger partial charge >= 0.3 is 0 Å². The number of thiocarbonyl (C=S) groups is 1. The number of carbonyl (C=O) groups is 1. The van der Waals surface area contributed by atoms with E-state index in [2.05, 4.69) is 26.6 Å². The Balaban J connectivity index is 1.47. The molecule has 2 aliphatic rings. The van der Waals surface area contributed by atoms with E-state index in [-0.39, 0.29) is 17.4 Å². The molecule has 6 nitrogen and oxygen atoms in total. The Morgan fingerprint density at radius 1 is 1.09 bits per heavy atom. The predicted molar refractivity (Wildman–Crippen MR) is 135 cm³/mol. The molecule has 32 heavy (non-hydrogen) atoms.